The van der Waals surface area contributed by atoms with Gasteiger partial charge in [0.1, 0.15) is 17.3 Å². The molecular formula is C18H23N5O2. The van der Waals surface area contributed by atoms with E-state index in [1.807, 2.05) is 19.0 Å². The molecule has 0 saturated heterocycles. The van der Waals surface area contributed by atoms with Crippen LogP contribution in [-0.2, 0) is 0 Å². The van der Waals surface area contributed by atoms with Gasteiger partial charge in [-0.2, -0.15) is 0 Å². The maximum atomic E-state index is 12.2. The first kappa shape index (κ1) is 18.5. The number of benzene rings is 1. The molecule has 0 aliphatic rings. The fourth-order valence-electron chi connectivity index (χ4n) is 2.17. The van der Waals surface area contributed by atoms with E-state index < -0.39 is 0 Å². The van der Waals surface area contributed by atoms with Crippen molar-refractivity contribution < 1.29 is 9.59 Å². The van der Waals surface area contributed by atoms with Gasteiger partial charge in [-0.25, -0.2) is 9.97 Å². The number of amides is 1. The van der Waals surface area contributed by atoms with Gasteiger partial charge in [-0.1, -0.05) is 0 Å². The summed E-state index contributed by atoms with van der Waals surface area (Å²) in [7, 11) is 3.89. The molecule has 0 bridgehead atoms. The molecule has 1 aromatic carbocycles. The zero-order valence-electron chi connectivity index (χ0n) is 15.0. The van der Waals surface area contributed by atoms with E-state index in [1.54, 1.807) is 37.3 Å². The van der Waals surface area contributed by atoms with Crippen LogP contribution in [0.1, 0.15) is 33.6 Å². The topological polar surface area (TPSA) is 87.2 Å². The van der Waals surface area contributed by atoms with Crippen molar-refractivity contribution in [2.45, 2.75) is 13.8 Å². The van der Waals surface area contributed by atoms with Crippen molar-refractivity contribution in [3.8, 4) is 0 Å². The summed E-state index contributed by atoms with van der Waals surface area (Å²) in [5, 5.41) is 5.96. The van der Waals surface area contributed by atoms with Crippen molar-refractivity contribution in [3.63, 3.8) is 0 Å². The van der Waals surface area contributed by atoms with Gasteiger partial charge in [0.15, 0.2) is 5.78 Å². The van der Waals surface area contributed by atoms with E-state index in [0.29, 0.717) is 29.4 Å². The van der Waals surface area contributed by atoms with Crippen LogP contribution in [0.15, 0.2) is 30.3 Å². The Morgan fingerprint density at radius 3 is 2.40 bits per heavy atom. The lowest BCUT2D eigenvalue weighted by Crippen LogP contribution is -2.32. The molecule has 0 atom stereocenters. The van der Waals surface area contributed by atoms with Gasteiger partial charge in [0, 0.05) is 30.4 Å². The van der Waals surface area contributed by atoms with E-state index in [-0.39, 0.29) is 11.7 Å². The Hall–Kier alpha value is -2.80. The molecule has 0 radical (unpaired) electrons. The Morgan fingerprint density at radius 2 is 1.80 bits per heavy atom. The van der Waals surface area contributed by atoms with E-state index in [2.05, 4.69) is 20.6 Å². The van der Waals surface area contributed by atoms with Gasteiger partial charge < -0.3 is 15.5 Å². The number of likely N-dealkylation sites (N-methyl/N-ethyl adjacent to an activating group) is 1. The highest BCUT2D eigenvalue weighted by Crippen LogP contribution is 2.16. The van der Waals surface area contributed by atoms with Gasteiger partial charge >= 0.3 is 0 Å². The van der Waals surface area contributed by atoms with E-state index in [9.17, 15) is 9.59 Å². The number of anilines is 2. The van der Waals surface area contributed by atoms with Crippen molar-refractivity contribution in [2.75, 3.05) is 32.5 Å². The molecule has 2 rings (SSSR count). The van der Waals surface area contributed by atoms with Crippen molar-refractivity contribution in [3.05, 3.63) is 47.4 Å². The minimum atomic E-state index is -0.234. The number of hydrogen-bond acceptors (Lipinski definition) is 6. The van der Waals surface area contributed by atoms with Crippen molar-refractivity contribution >= 4 is 23.2 Å². The minimum Gasteiger partial charge on any atom is -0.349 e. The molecule has 0 fully saturated rings. The van der Waals surface area contributed by atoms with Gasteiger partial charge in [-0.15, -0.1) is 0 Å². The second-order valence-corrected chi connectivity index (χ2v) is 6.00. The average molecular weight is 341 g/mol. The van der Waals surface area contributed by atoms with Gasteiger partial charge in [-0.3, -0.25) is 9.59 Å². The summed E-state index contributed by atoms with van der Waals surface area (Å²) in [6.45, 7) is 4.56. The molecule has 1 amide bonds. The normalized spacial score (nSPS) is 10.6. The molecule has 1 aromatic heterocycles. The summed E-state index contributed by atoms with van der Waals surface area (Å²) < 4.78 is 0. The summed E-state index contributed by atoms with van der Waals surface area (Å²) in [4.78, 5) is 34.0. The summed E-state index contributed by atoms with van der Waals surface area (Å²) in [6, 6.07) is 8.69. The standard InChI is InChI=1S/C18H23N5O2/c1-12(24)14-5-7-15(8-6-14)22-17-11-16(20-13(2)21-17)18(25)19-9-10-23(3)4/h5-8,11H,9-10H2,1-4H3,(H,19,25)(H,20,21,22). The lowest BCUT2D eigenvalue weighted by molar-refractivity contribution is 0.0944. The number of carbonyl (C=O) groups excluding carboxylic acids is 2. The monoisotopic (exact) mass is 341 g/mol. The highest BCUT2D eigenvalue weighted by molar-refractivity contribution is 5.94. The van der Waals surface area contributed by atoms with Crippen LogP contribution >= 0.6 is 0 Å². The Morgan fingerprint density at radius 1 is 1.12 bits per heavy atom. The first-order chi connectivity index (χ1) is 11.8. The molecular weight excluding hydrogens is 318 g/mol. The number of nitrogens with one attached hydrogen (secondary N) is 2. The van der Waals surface area contributed by atoms with Gasteiger partial charge in [-0.05, 0) is 52.2 Å². The van der Waals surface area contributed by atoms with Crippen LogP contribution < -0.4 is 10.6 Å². The highest BCUT2D eigenvalue weighted by Gasteiger charge is 2.10. The molecule has 0 saturated carbocycles. The van der Waals surface area contributed by atoms with E-state index in [1.165, 1.54) is 6.92 Å². The largest absolute Gasteiger partial charge is 0.349 e. The zero-order chi connectivity index (χ0) is 18.4. The maximum absolute atomic E-state index is 12.2. The highest BCUT2D eigenvalue weighted by atomic mass is 16.2. The quantitative estimate of drug-likeness (QED) is 0.749. The number of rotatable bonds is 7. The predicted octanol–water partition coefficient (Wildman–Crippen LogP) is 2.02. The lowest BCUT2D eigenvalue weighted by atomic mass is 10.1. The number of aryl methyl sites for hydroxylation is 1. The molecule has 7 nitrogen and oxygen atoms in total. The number of hydrogen-bond donors (Lipinski definition) is 2. The summed E-state index contributed by atoms with van der Waals surface area (Å²) in [5.41, 5.74) is 1.74. The molecule has 0 unspecified atom stereocenters. The number of aromatic nitrogens is 2. The molecule has 25 heavy (non-hydrogen) atoms. The predicted molar refractivity (Wildman–Crippen MR) is 97.4 cm³/mol. The number of Topliss-reactive ketones (excluding diaryl/α,β-unsaturated/α-hetero) is 1. The third-order valence-corrected chi connectivity index (χ3v) is 3.48. The van der Waals surface area contributed by atoms with Crippen molar-refractivity contribution in [1.29, 1.82) is 0 Å². The first-order valence-electron chi connectivity index (χ1n) is 8.02. The number of nitrogens with zero attached hydrogens (tertiary/aromatic N) is 3. The zero-order valence-corrected chi connectivity index (χ0v) is 15.0. The van der Waals surface area contributed by atoms with E-state index >= 15 is 0 Å². The summed E-state index contributed by atoms with van der Waals surface area (Å²) >= 11 is 0. The Bertz CT molecular complexity index is 757. The van der Waals surface area contributed by atoms with Gasteiger partial charge in [0.05, 0.1) is 0 Å². The molecule has 132 valence electrons. The fourth-order valence-corrected chi connectivity index (χ4v) is 2.17. The van der Waals surface area contributed by atoms with Gasteiger partial charge in [0.2, 0.25) is 0 Å². The SMILES string of the molecule is CC(=O)c1ccc(Nc2cc(C(=O)NCCN(C)C)nc(C)n2)cc1. The third kappa shape index (κ3) is 5.65. The number of ketones is 1. The van der Waals surface area contributed by atoms with Crippen LogP contribution in [-0.4, -0.2) is 53.7 Å². The second-order valence-electron chi connectivity index (χ2n) is 6.00. The second kappa shape index (κ2) is 8.34. The van der Waals surface area contributed by atoms with Gasteiger partial charge in [0.25, 0.3) is 5.91 Å². The molecule has 2 N–H and O–H groups in total. The fraction of sp³-hybridized carbons (Fsp3) is 0.333. The maximum Gasteiger partial charge on any atom is 0.270 e. The van der Waals surface area contributed by atoms with Crippen molar-refractivity contribution in [2.24, 2.45) is 0 Å². The van der Waals surface area contributed by atoms with E-state index in [0.717, 1.165) is 12.2 Å². The third-order valence-electron chi connectivity index (χ3n) is 3.48. The van der Waals surface area contributed by atoms with E-state index in [4.69, 9.17) is 0 Å². The number of carbonyl (C=O) groups is 2. The van der Waals surface area contributed by atoms with Crippen LogP contribution in [0.25, 0.3) is 0 Å². The lowest BCUT2D eigenvalue weighted by Gasteiger charge is -2.11. The molecule has 1 heterocycles. The van der Waals surface area contributed by atoms with Crippen molar-refractivity contribution in [1.82, 2.24) is 20.2 Å². The summed E-state index contributed by atoms with van der Waals surface area (Å²) in [5.74, 6) is 0.812. The first-order valence-corrected chi connectivity index (χ1v) is 8.02. The van der Waals surface area contributed by atoms with Crippen LogP contribution in [0.2, 0.25) is 0 Å². The Labute approximate surface area is 147 Å². The molecule has 0 aliphatic carbocycles. The Kier molecular flexibility index (Phi) is 6.19. The molecule has 7 heteroatoms. The minimum absolute atomic E-state index is 0.0149. The van der Waals surface area contributed by atoms with Crippen LogP contribution in [0.4, 0.5) is 11.5 Å². The molecule has 0 spiro atoms. The molecule has 0 aliphatic heterocycles. The average Bonchev–Trinajstić information content (AvgIpc) is 2.54. The van der Waals surface area contributed by atoms with Crippen LogP contribution in [0.5, 0.6) is 0 Å². The Balaban J connectivity index is 2.10. The molecule has 2 aromatic rings. The summed E-state index contributed by atoms with van der Waals surface area (Å²) in [6.07, 6.45) is 0. The van der Waals surface area contributed by atoms with Crippen LogP contribution in [0.3, 0.4) is 0 Å². The van der Waals surface area contributed by atoms with Crippen LogP contribution in [0, 0.1) is 6.92 Å². The smallest absolute Gasteiger partial charge is 0.270 e.